The summed E-state index contributed by atoms with van der Waals surface area (Å²) >= 11 is 0. The molecule has 4 aromatic rings. The minimum absolute atomic E-state index is 0.0344. The van der Waals surface area contributed by atoms with Crippen molar-refractivity contribution in [2.24, 2.45) is 11.7 Å². The molecule has 5 rings (SSSR count). The van der Waals surface area contributed by atoms with E-state index in [1.165, 1.54) is 25.5 Å². The molecule has 0 saturated heterocycles. The highest BCUT2D eigenvalue weighted by atomic mass is 32.2. The van der Waals surface area contributed by atoms with Crippen LogP contribution in [0.15, 0.2) is 48.9 Å². The monoisotopic (exact) mass is 599 g/mol. The second-order valence-corrected chi connectivity index (χ2v) is 13.4. The number of sulfone groups is 1. The third-order valence-electron chi connectivity index (χ3n) is 7.81. The van der Waals surface area contributed by atoms with Gasteiger partial charge >= 0.3 is 0 Å². The van der Waals surface area contributed by atoms with Gasteiger partial charge in [0.25, 0.3) is 0 Å². The number of nitrogens with zero attached hydrogens (tertiary/aromatic N) is 4. The van der Waals surface area contributed by atoms with E-state index in [1.54, 1.807) is 35.2 Å². The molecule has 0 radical (unpaired) electrons. The summed E-state index contributed by atoms with van der Waals surface area (Å²) in [5, 5.41) is 4.56. The van der Waals surface area contributed by atoms with Crippen LogP contribution in [0, 0.1) is 17.6 Å². The van der Waals surface area contributed by atoms with E-state index in [0.29, 0.717) is 29.7 Å². The Morgan fingerprint density at radius 3 is 2.57 bits per heavy atom. The van der Waals surface area contributed by atoms with Gasteiger partial charge in [0.05, 0.1) is 48.0 Å². The molecule has 3 aromatic heterocycles. The van der Waals surface area contributed by atoms with Crippen molar-refractivity contribution in [3.63, 3.8) is 0 Å². The molecule has 1 aromatic carbocycles. The SMILES string of the molecule is COCc1cc(F)c(-c2ccc3cnc(Cc4cnccc4[C@H]4C[C@@H](N)[C@@H](OCCS(C)(=O)=O)[C@@H](C)C4)n3n2)c(F)c1. The van der Waals surface area contributed by atoms with Gasteiger partial charge in [-0.3, -0.25) is 4.98 Å². The molecule has 0 spiro atoms. The molecule has 224 valence electrons. The van der Waals surface area contributed by atoms with Crippen LogP contribution in [0.3, 0.4) is 0 Å². The lowest BCUT2D eigenvalue weighted by atomic mass is 9.73. The van der Waals surface area contributed by atoms with Crippen LogP contribution in [0.25, 0.3) is 16.8 Å². The fourth-order valence-electron chi connectivity index (χ4n) is 5.90. The van der Waals surface area contributed by atoms with Crippen LogP contribution in [0.5, 0.6) is 0 Å². The third-order valence-corrected chi connectivity index (χ3v) is 8.72. The lowest BCUT2D eigenvalue weighted by molar-refractivity contribution is -0.0154. The predicted molar refractivity (Wildman–Crippen MR) is 155 cm³/mol. The van der Waals surface area contributed by atoms with Gasteiger partial charge in [0, 0.05) is 38.2 Å². The van der Waals surface area contributed by atoms with Gasteiger partial charge in [-0.25, -0.2) is 26.7 Å². The largest absolute Gasteiger partial charge is 0.380 e. The van der Waals surface area contributed by atoms with E-state index in [0.717, 1.165) is 17.5 Å². The summed E-state index contributed by atoms with van der Waals surface area (Å²) in [6.07, 6.45) is 8.09. The van der Waals surface area contributed by atoms with E-state index in [4.69, 9.17) is 15.2 Å². The Morgan fingerprint density at radius 2 is 1.88 bits per heavy atom. The quantitative estimate of drug-likeness (QED) is 0.290. The average Bonchev–Trinajstić information content (AvgIpc) is 3.31. The molecule has 1 aliphatic rings. The Hall–Kier alpha value is -3.32. The Labute approximate surface area is 244 Å². The molecule has 2 N–H and O–H groups in total. The molecule has 3 heterocycles. The van der Waals surface area contributed by atoms with Gasteiger partial charge < -0.3 is 15.2 Å². The fourth-order valence-corrected chi connectivity index (χ4v) is 6.30. The first-order valence-electron chi connectivity index (χ1n) is 13.8. The second-order valence-electron chi connectivity index (χ2n) is 11.1. The van der Waals surface area contributed by atoms with Crippen LogP contribution < -0.4 is 5.73 Å². The van der Waals surface area contributed by atoms with Gasteiger partial charge in [-0.2, -0.15) is 5.10 Å². The molecular weight excluding hydrogens is 564 g/mol. The number of halogens is 2. The van der Waals surface area contributed by atoms with Crippen LogP contribution in [-0.2, 0) is 32.3 Å². The first-order chi connectivity index (χ1) is 20.0. The third kappa shape index (κ3) is 6.67. The van der Waals surface area contributed by atoms with Crippen LogP contribution in [-0.4, -0.2) is 65.9 Å². The smallest absolute Gasteiger partial charge is 0.149 e. The van der Waals surface area contributed by atoms with Gasteiger partial charge in [0.15, 0.2) is 0 Å². The predicted octanol–water partition coefficient (Wildman–Crippen LogP) is 4.08. The number of ether oxygens (including phenoxy) is 2. The summed E-state index contributed by atoms with van der Waals surface area (Å²) in [5.41, 5.74) is 9.63. The van der Waals surface area contributed by atoms with Crippen LogP contribution in [0.4, 0.5) is 8.78 Å². The Morgan fingerprint density at radius 1 is 1.12 bits per heavy atom. The number of methoxy groups -OCH3 is 1. The van der Waals surface area contributed by atoms with Crippen molar-refractivity contribution in [3.8, 4) is 11.3 Å². The van der Waals surface area contributed by atoms with E-state index in [1.807, 2.05) is 6.07 Å². The van der Waals surface area contributed by atoms with Gasteiger partial charge in [-0.15, -0.1) is 0 Å². The van der Waals surface area contributed by atoms with Crippen molar-refractivity contribution in [2.75, 3.05) is 25.7 Å². The minimum atomic E-state index is -3.11. The molecule has 1 fully saturated rings. The van der Waals surface area contributed by atoms with Gasteiger partial charge in [-0.05, 0) is 71.7 Å². The van der Waals surface area contributed by atoms with Gasteiger partial charge in [0.2, 0.25) is 0 Å². The van der Waals surface area contributed by atoms with E-state index < -0.39 is 21.5 Å². The summed E-state index contributed by atoms with van der Waals surface area (Å²) in [5.74, 6) is -0.596. The molecular formula is C30H35F2N5O4S. The molecule has 1 saturated carbocycles. The molecule has 42 heavy (non-hydrogen) atoms. The summed E-state index contributed by atoms with van der Waals surface area (Å²) < 4.78 is 65.4. The number of hydrogen-bond acceptors (Lipinski definition) is 8. The molecule has 9 nitrogen and oxygen atoms in total. The second kappa shape index (κ2) is 12.5. The zero-order valence-corrected chi connectivity index (χ0v) is 24.7. The van der Waals surface area contributed by atoms with Crippen molar-refractivity contribution >= 4 is 15.4 Å². The highest BCUT2D eigenvalue weighted by molar-refractivity contribution is 7.90. The van der Waals surface area contributed by atoms with Gasteiger partial charge in [-0.1, -0.05) is 6.92 Å². The molecule has 0 amide bonds. The van der Waals surface area contributed by atoms with Crippen molar-refractivity contribution < 1.29 is 26.7 Å². The summed E-state index contributed by atoms with van der Waals surface area (Å²) in [6, 6.07) is 7.55. The highest BCUT2D eigenvalue weighted by Crippen LogP contribution is 2.38. The molecule has 0 unspecified atom stereocenters. The maximum absolute atomic E-state index is 14.9. The van der Waals surface area contributed by atoms with Crippen molar-refractivity contribution in [1.29, 1.82) is 0 Å². The van der Waals surface area contributed by atoms with E-state index in [-0.39, 0.29) is 54.2 Å². The van der Waals surface area contributed by atoms with Crippen molar-refractivity contribution in [3.05, 3.63) is 83.1 Å². The molecule has 0 aliphatic heterocycles. The maximum Gasteiger partial charge on any atom is 0.149 e. The number of imidazole rings is 1. The summed E-state index contributed by atoms with van der Waals surface area (Å²) in [4.78, 5) is 8.91. The standard InChI is InChI=1S/C30H35F2N5O4S/c1-18-10-20(13-26(33)30(18)41-8-9-42(3,38)39)23-6-7-34-15-21(23)14-28-35-16-22-4-5-27(36-37(22)28)29-24(31)11-19(17-40-2)12-25(29)32/h4-7,11-12,15-16,18,20,26,30H,8-10,13-14,17,33H2,1-3H3/t18-,20+,26+,30-/m0/s1. The summed E-state index contributed by atoms with van der Waals surface area (Å²) in [7, 11) is -1.65. The molecule has 0 bridgehead atoms. The van der Waals surface area contributed by atoms with E-state index >= 15 is 0 Å². The number of nitrogens with two attached hydrogens (primary N) is 1. The number of aromatic nitrogens is 4. The zero-order chi connectivity index (χ0) is 30.0. The first kappa shape index (κ1) is 30.1. The molecule has 1 aliphatic carbocycles. The lowest BCUT2D eigenvalue weighted by Gasteiger charge is -2.39. The number of hydrogen-bond donors (Lipinski definition) is 1. The Balaban J connectivity index is 1.38. The minimum Gasteiger partial charge on any atom is -0.380 e. The van der Waals surface area contributed by atoms with E-state index in [2.05, 4.69) is 22.0 Å². The topological polar surface area (TPSA) is 122 Å². The Kier molecular flexibility index (Phi) is 8.97. The Bertz CT molecular complexity index is 1640. The first-order valence-corrected chi connectivity index (χ1v) is 15.9. The summed E-state index contributed by atoms with van der Waals surface area (Å²) in [6.45, 7) is 2.30. The molecule has 4 atom stereocenters. The number of rotatable bonds is 10. The highest BCUT2D eigenvalue weighted by Gasteiger charge is 2.36. The zero-order valence-electron chi connectivity index (χ0n) is 23.8. The van der Waals surface area contributed by atoms with Gasteiger partial charge in [0.1, 0.15) is 27.3 Å². The van der Waals surface area contributed by atoms with Crippen LogP contribution in [0.2, 0.25) is 0 Å². The fraction of sp³-hybridized carbons (Fsp3) is 0.433. The number of fused-ring (bicyclic) bond motifs is 1. The number of pyridine rings is 1. The maximum atomic E-state index is 14.9. The normalized spacial score (nSPS) is 21.2. The van der Waals surface area contributed by atoms with Crippen molar-refractivity contribution in [2.45, 2.75) is 50.9 Å². The van der Waals surface area contributed by atoms with Crippen LogP contribution >= 0.6 is 0 Å². The number of benzene rings is 1. The van der Waals surface area contributed by atoms with Crippen molar-refractivity contribution in [1.82, 2.24) is 19.6 Å². The molecule has 12 heteroatoms. The lowest BCUT2D eigenvalue weighted by Crippen LogP contribution is -2.47. The average molecular weight is 600 g/mol. The van der Waals surface area contributed by atoms with Crippen LogP contribution in [0.1, 0.15) is 48.2 Å². The van der Waals surface area contributed by atoms with E-state index in [9.17, 15) is 17.2 Å².